The van der Waals surface area contributed by atoms with Crippen LogP contribution in [0, 0.1) is 12.8 Å². The number of amides is 1. The van der Waals surface area contributed by atoms with Gasteiger partial charge in [0.05, 0.1) is 17.3 Å². The molecule has 1 aliphatic heterocycles. The lowest BCUT2D eigenvalue weighted by atomic mass is 9.92. The van der Waals surface area contributed by atoms with E-state index in [0.29, 0.717) is 24.4 Å². The van der Waals surface area contributed by atoms with Gasteiger partial charge in [-0.3, -0.25) is 9.48 Å². The molecule has 1 aliphatic rings. The van der Waals surface area contributed by atoms with Crippen LogP contribution in [0.25, 0.3) is 0 Å². The Morgan fingerprint density at radius 2 is 2.00 bits per heavy atom. The second-order valence-electron chi connectivity index (χ2n) is 7.21. The molecule has 1 fully saturated rings. The number of carbonyl (C=O) groups is 2. The lowest BCUT2D eigenvalue weighted by molar-refractivity contribution is -0.144. The van der Waals surface area contributed by atoms with Gasteiger partial charge in [0, 0.05) is 12.2 Å². The van der Waals surface area contributed by atoms with Crippen molar-refractivity contribution in [2.45, 2.75) is 59.0 Å². The number of likely N-dealkylation sites (tertiary alicyclic amines) is 1. The van der Waals surface area contributed by atoms with Crippen LogP contribution in [0.3, 0.4) is 0 Å². The fraction of sp³-hybridized carbons (Fsp3) is 0.688. The lowest BCUT2D eigenvalue weighted by Gasteiger charge is -2.36. The quantitative estimate of drug-likeness (QED) is 0.909. The molecule has 0 radical (unpaired) electrons. The van der Waals surface area contributed by atoms with Crippen LogP contribution in [0.5, 0.6) is 0 Å². The molecule has 22 heavy (non-hydrogen) atoms. The third kappa shape index (κ3) is 3.00. The maximum atomic E-state index is 12.8. The van der Waals surface area contributed by atoms with E-state index in [1.54, 1.807) is 6.20 Å². The summed E-state index contributed by atoms with van der Waals surface area (Å²) in [5, 5.41) is 13.7. The number of hydrogen-bond acceptors (Lipinski definition) is 3. The Bertz CT molecular complexity index is 586. The molecule has 2 heterocycles. The minimum atomic E-state index is -0.930. The van der Waals surface area contributed by atoms with Crippen LogP contribution >= 0.6 is 0 Å². The van der Waals surface area contributed by atoms with Crippen LogP contribution in [0.4, 0.5) is 0 Å². The predicted molar refractivity (Wildman–Crippen MR) is 82.8 cm³/mol. The largest absolute Gasteiger partial charge is 0.480 e. The van der Waals surface area contributed by atoms with Crippen LogP contribution < -0.4 is 0 Å². The molecule has 122 valence electrons. The Balaban J connectivity index is 2.31. The number of piperidine rings is 1. The average molecular weight is 307 g/mol. The minimum absolute atomic E-state index is 0.217. The zero-order valence-corrected chi connectivity index (χ0v) is 14.0. The molecule has 2 atom stereocenters. The van der Waals surface area contributed by atoms with Gasteiger partial charge in [0.15, 0.2) is 0 Å². The summed E-state index contributed by atoms with van der Waals surface area (Å²) < 4.78 is 1.81. The fourth-order valence-electron chi connectivity index (χ4n) is 3.07. The monoisotopic (exact) mass is 307 g/mol. The van der Waals surface area contributed by atoms with Gasteiger partial charge in [0.25, 0.3) is 5.91 Å². The van der Waals surface area contributed by atoms with E-state index in [4.69, 9.17) is 0 Å². The smallest absolute Gasteiger partial charge is 0.326 e. The average Bonchev–Trinajstić information content (AvgIpc) is 2.79. The van der Waals surface area contributed by atoms with Crippen molar-refractivity contribution in [2.75, 3.05) is 6.54 Å². The Morgan fingerprint density at radius 3 is 2.50 bits per heavy atom. The second-order valence-corrected chi connectivity index (χ2v) is 7.21. The minimum Gasteiger partial charge on any atom is -0.480 e. The van der Waals surface area contributed by atoms with E-state index in [0.717, 1.165) is 12.1 Å². The number of carboxylic acids is 1. The van der Waals surface area contributed by atoms with E-state index in [1.165, 1.54) is 4.90 Å². The number of aromatic nitrogens is 2. The van der Waals surface area contributed by atoms with Gasteiger partial charge in [-0.2, -0.15) is 5.10 Å². The van der Waals surface area contributed by atoms with Crippen LogP contribution in [-0.4, -0.2) is 44.3 Å². The Kier molecular flexibility index (Phi) is 4.31. The summed E-state index contributed by atoms with van der Waals surface area (Å²) in [5.41, 5.74) is 1.06. The summed E-state index contributed by atoms with van der Waals surface area (Å²) in [7, 11) is 0. The number of aliphatic carboxylic acids is 1. The van der Waals surface area contributed by atoms with Crippen molar-refractivity contribution in [3.63, 3.8) is 0 Å². The zero-order valence-electron chi connectivity index (χ0n) is 14.0. The molecule has 0 aromatic carbocycles. The van der Waals surface area contributed by atoms with Gasteiger partial charge in [0.2, 0.25) is 0 Å². The van der Waals surface area contributed by atoms with E-state index >= 15 is 0 Å². The first-order valence-corrected chi connectivity index (χ1v) is 7.71. The number of carbonyl (C=O) groups excluding carboxylic acids is 1. The maximum Gasteiger partial charge on any atom is 0.326 e. The Labute approximate surface area is 131 Å². The number of rotatable bonds is 2. The summed E-state index contributed by atoms with van der Waals surface area (Å²) in [6.07, 6.45) is 2.90. The third-order valence-corrected chi connectivity index (χ3v) is 4.29. The molecule has 1 amide bonds. The SMILES string of the molecule is Cc1c(C(=O)N2CCC(C)CC2C(=O)O)cnn1C(C)(C)C. The molecule has 2 unspecified atom stereocenters. The molecule has 0 spiro atoms. The summed E-state index contributed by atoms with van der Waals surface area (Å²) in [6, 6.07) is -0.742. The van der Waals surface area contributed by atoms with Crippen molar-refractivity contribution in [2.24, 2.45) is 5.92 Å². The van der Waals surface area contributed by atoms with Crippen molar-refractivity contribution in [3.05, 3.63) is 17.5 Å². The highest BCUT2D eigenvalue weighted by Gasteiger charge is 2.36. The summed E-state index contributed by atoms with van der Waals surface area (Å²) in [6.45, 7) is 10.4. The summed E-state index contributed by atoms with van der Waals surface area (Å²) >= 11 is 0. The van der Waals surface area contributed by atoms with Gasteiger partial charge >= 0.3 is 5.97 Å². The lowest BCUT2D eigenvalue weighted by Crippen LogP contribution is -2.49. The molecule has 1 aromatic heterocycles. The van der Waals surface area contributed by atoms with Crippen LogP contribution in [-0.2, 0) is 10.3 Å². The third-order valence-electron chi connectivity index (χ3n) is 4.29. The molecule has 0 bridgehead atoms. The van der Waals surface area contributed by atoms with E-state index < -0.39 is 12.0 Å². The van der Waals surface area contributed by atoms with Gasteiger partial charge < -0.3 is 10.0 Å². The second kappa shape index (κ2) is 5.74. The first-order chi connectivity index (χ1) is 10.1. The van der Waals surface area contributed by atoms with Gasteiger partial charge in [-0.05, 0) is 46.5 Å². The van der Waals surface area contributed by atoms with Gasteiger partial charge in [0.1, 0.15) is 6.04 Å². The predicted octanol–water partition coefficient (Wildman–Crippen LogP) is 2.27. The number of nitrogens with zero attached hydrogens (tertiary/aromatic N) is 3. The molecular formula is C16H25N3O3. The van der Waals surface area contributed by atoms with Crippen molar-refractivity contribution >= 4 is 11.9 Å². The van der Waals surface area contributed by atoms with Gasteiger partial charge in [-0.15, -0.1) is 0 Å². The standard InChI is InChI=1S/C16H25N3O3/c1-10-6-7-18(13(8-10)15(21)22)14(20)12-9-17-19(11(12)2)16(3,4)5/h9-10,13H,6-8H2,1-5H3,(H,21,22). The Morgan fingerprint density at radius 1 is 1.36 bits per heavy atom. The Hall–Kier alpha value is -1.85. The highest BCUT2D eigenvalue weighted by Crippen LogP contribution is 2.26. The molecule has 6 heteroatoms. The van der Waals surface area contributed by atoms with Crippen molar-refractivity contribution in [1.29, 1.82) is 0 Å². The first kappa shape index (κ1) is 16.5. The maximum absolute atomic E-state index is 12.8. The highest BCUT2D eigenvalue weighted by atomic mass is 16.4. The van der Waals surface area contributed by atoms with E-state index in [9.17, 15) is 14.7 Å². The summed E-state index contributed by atoms with van der Waals surface area (Å²) in [4.78, 5) is 25.8. The molecule has 6 nitrogen and oxygen atoms in total. The van der Waals surface area contributed by atoms with Crippen molar-refractivity contribution in [1.82, 2.24) is 14.7 Å². The molecule has 1 aromatic rings. The number of carboxylic acid groups (broad SMARTS) is 1. The van der Waals surface area contributed by atoms with Crippen LogP contribution in [0.2, 0.25) is 0 Å². The normalized spacial score (nSPS) is 22.7. The van der Waals surface area contributed by atoms with E-state index in [2.05, 4.69) is 5.10 Å². The summed E-state index contributed by atoms with van der Waals surface area (Å²) in [5.74, 6) is -0.836. The van der Waals surface area contributed by atoms with Crippen molar-refractivity contribution < 1.29 is 14.7 Å². The molecule has 0 aliphatic carbocycles. The van der Waals surface area contributed by atoms with E-state index in [1.807, 2.05) is 39.3 Å². The van der Waals surface area contributed by atoms with Gasteiger partial charge in [-0.25, -0.2) is 4.79 Å². The molecule has 1 saturated heterocycles. The van der Waals surface area contributed by atoms with Crippen molar-refractivity contribution in [3.8, 4) is 0 Å². The molecular weight excluding hydrogens is 282 g/mol. The zero-order chi connectivity index (χ0) is 16.7. The molecule has 2 rings (SSSR count). The number of hydrogen-bond donors (Lipinski definition) is 1. The highest BCUT2D eigenvalue weighted by molar-refractivity contribution is 5.97. The van der Waals surface area contributed by atoms with E-state index in [-0.39, 0.29) is 11.4 Å². The molecule has 0 saturated carbocycles. The molecule has 1 N–H and O–H groups in total. The van der Waals surface area contributed by atoms with Crippen LogP contribution in [0.15, 0.2) is 6.20 Å². The topological polar surface area (TPSA) is 75.4 Å². The fourth-order valence-corrected chi connectivity index (χ4v) is 3.07. The van der Waals surface area contributed by atoms with Gasteiger partial charge in [-0.1, -0.05) is 6.92 Å². The van der Waals surface area contributed by atoms with Crippen LogP contribution in [0.1, 0.15) is 56.6 Å². The first-order valence-electron chi connectivity index (χ1n) is 7.71.